The Morgan fingerprint density at radius 2 is 2.00 bits per heavy atom. The largest absolute Gasteiger partial charge is 0.373 e. The van der Waals surface area contributed by atoms with Crippen LogP contribution in [0.15, 0.2) is 29.6 Å². The van der Waals surface area contributed by atoms with Gasteiger partial charge in [-0.05, 0) is 25.0 Å². The second kappa shape index (κ2) is 8.73. The summed E-state index contributed by atoms with van der Waals surface area (Å²) in [7, 11) is 0. The fourth-order valence-corrected chi connectivity index (χ4v) is 3.97. The molecule has 3 N–H and O–H groups in total. The number of hydrogen-bond acceptors (Lipinski definition) is 6. The van der Waals surface area contributed by atoms with E-state index in [0.29, 0.717) is 18.8 Å². The van der Waals surface area contributed by atoms with Crippen LogP contribution in [-0.2, 0) is 24.4 Å². The third kappa shape index (κ3) is 4.88. The molecule has 1 aromatic heterocycles. The van der Waals surface area contributed by atoms with E-state index in [4.69, 9.17) is 10.5 Å². The van der Waals surface area contributed by atoms with Crippen molar-refractivity contribution in [2.75, 3.05) is 13.1 Å². The van der Waals surface area contributed by atoms with Gasteiger partial charge in [-0.2, -0.15) is 0 Å². The fourth-order valence-electron chi connectivity index (χ4n) is 3.31. The predicted octanol–water partition coefficient (Wildman–Crippen LogP) is 2.14. The van der Waals surface area contributed by atoms with E-state index in [1.807, 2.05) is 12.1 Å². The Balaban J connectivity index is 1.62. The monoisotopic (exact) mass is 374 g/mol. The summed E-state index contributed by atoms with van der Waals surface area (Å²) in [4.78, 5) is 18.9. The first-order chi connectivity index (χ1) is 12.5. The lowest BCUT2D eigenvalue weighted by Crippen LogP contribution is -2.45. The van der Waals surface area contributed by atoms with Crippen LogP contribution < -0.4 is 11.1 Å². The SMILES string of the molecule is CC1CN(Cc2ccccc2CNC(=O)c2csc(CN)n2)CC(C)O1. The molecule has 0 spiro atoms. The number of hydrogen-bond donors (Lipinski definition) is 2. The molecule has 0 bridgehead atoms. The van der Waals surface area contributed by atoms with E-state index < -0.39 is 0 Å². The van der Waals surface area contributed by atoms with Crippen LogP contribution in [0.5, 0.6) is 0 Å². The van der Waals surface area contributed by atoms with Crippen molar-refractivity contribution in [1.29, 1.82) is 0 Å². The minimum atomic E-state index is -0.163. The van der Waals surface area contributed by atoms with Crippen LogP contribution in [0.2, 0.25) is 0 Å². The number of morpholine rings is 1. The van der Waals surface area contributed by atoms with Crippen molar-refractivity contribution in [3.05, 3.63) is 51.5 Å². The average Bonchev–Trinajstić information content (AvgIpc) is 3.09. The summed E-state index contributed by atoms with van der Waals surface area (Å²) in [5.41, 5.74) is 8.35. The molecular weight excluding hydrogens is 348 g/mol. The van der Waals surface area contributed by atoms with Crippen LogP contribution in [-0.4, -0.2) is 41.1 Å². The number of thiazole rings is 1. The summed E-state index contributed by atoms with van der Waals surface area (Å²) in [6.45, 7) is 7.77. The standard InChI is InChI=1S/C19H26N4O2S/c1-13-9-23(10-14(2)25-13)11-16-6-4-3-5-15(16)8-21-19(24)17-12-26-18(7-20)22-17/h3-6,12-14H,7-11,20H2,1-2H3,(H,21,24). The van der Waals surface area contributed by atoms with E-state index in [9.17, 15) is 4.79 Å². The van der Waals surface area contributed by atoms with Gasteiger partial charge < -0.3 is 15.8 Å². The van der Waals surface area contributed by atoms with Crippen LogP contribution in [0, 0.1) is 0 Å². The van der Waals surface area contributed by atoms with Crippen molar-refractivity contribution in [3.63, 3.8) is 0 Å². The van der Waals surface area contributed by atoms with Crippen molar-refractivity contribution >= 4 is 17.2 Å². The first-order valence-electron chi connectivity index (χ1n) is 8.92. The van der Waals surface area contributed by atoms with Crippen molar-refractivity contribution < 1.29 is 9.53 Å². The second-order valence-electron chi connectivity index (χ2n) is 6.73. The van der Waals surface area contributed by atoms with Crippen LogP contribution in [0.25, 0.3) is 0 Å². The zero-order chi connectivity index (χ0) is 18.5. The molecule has 26 heavy (non-hydrogen) atoms. The lowest BCUT2D eigenvalue weighted by atomic mass is 10.1. The number of aromatic nitrogens is 1. The summed E-state index contributed by atoms with van der Waals surface area (Å²) in [5.74, 6) is -0.163. The normalized spacial score (nSPS) is 20.9. The van der Waals surface area contributed by atoms with Gasteiger partial charge in [0, 0.05) is 38.1 Å². The zero-order valence-corrected chi connectivity index (χ0v) is 16.1. The number of nitrogens with two attached hydrogens (primary N) is 1. The van der Waals surface area contributed by atoms with E-state index in [2.05, 4.69) is 41.2 Å². The summed E-state index contributed by atoms with van der Waals surface area (Å²) in [6.07, 6.45) is 0.485. The maximum atomic E-state index is 12.3. The van der Waals surface area contributed by atoms with Crippen LogP contribution in [0.4, 0.5) is 0 Å². The van der Waals surface area contributed by atoms with Gasteiger partial charge in [-0.25, -0.2) is 4.98 Å². The zero-order valence-electron chi connectivity index (χ0n) is 15.3. The number of ether oxygens (including phenoxy) is 1. The predicted molar refractivity (Wildman–Crippen MR) is 103 cm³/mol. The quantitative estimate of drug-likeness (QED) is 0.810. The Morgan fingerprint density at radius 3 is 2.65 bits per heavy atom. The second-order valence-corrected chi connectivity index (χ2v) is 7.68. The lowest BCUT2D eigenvalue weighted by molar-refractivity contribution is -0.0705. The number of rotatable bonds is 6. The van der Waals surface area contributed by atoms with E-state index in [-0.39, 0.29) is 18.1 Å². The van der Waals surface area contributed by atoms with Gasteiger partial charge in [-0.1, -0.05) is 24.3 Å². The van der Waals surface area contributed by atoms with Gasteiger partial charge in [0.05, 0.1) is 12.2 Å². The molecule has 1 fully saturated rings. The number of benzene rings is 1. The first-order valence-corrected chi connectivity index (χ1v) is 9.80. The van der Waals surface area contributed by atoms with Gasteiger partial charge in [-0.15, -0.1) is 11.3 Å². The molecule has 0 radical (unpaired) electrons. The molecule has 2 unspecified atom stereocenters. The molecule has 140 valence electrons. The van der Waals surface area contributed by atoms with Gasteiger partial charge in [-0.3, -0.25) is 9.69 Å². The van der Waals surface area contributed by atoms with Gasteiger partial charge in [0.15, 0.2) is 0 Å². The molecular formula is C19H26N4O2S. The van der Waals surface area contributed by atoms with E-state index >= 15 is 0 Å². The maximum absolute atomic E-state index is 12.3. The third-order valence-electron chi connectivity index (χ3n) is 4.41. The molecule has 2 atom stereocenters. The molecule has 1 aliphatic heterocycles. The van der Waals surface area contributed by atoms with Gasteiger partial charge >= 0.3 is 0 Å². The highest BCUT2D eigenvalue weighted by Crippen LogP contribution is 2.17. The molecule has 1 saturated heterocycles. The van der Waals surface area contributed by atoms with Gasteiger partial charge in [0.1, 0.15) is 10.7 Å². The van der Waals surface area contributed by atoms with E-state index in [0.717, 1.165) is 30.2 Å². The van der Waals surface area contributed by atoms with Gasteiger partial charge in [0.2, 0.25) is 0 Å². The molecule has 7 heteroatoms. The average molecular weight is 375 g/mol. The molecule has 0 saturated carbocycles. The molecule has 3 rings (SSSR count). The molecule has 6 nitrogen and oxygen atoms in total. The van der Waals surface area contributed by atoms with Crippen LogP contribution in [0.1, 0.15) is 40.5 Å². The molecule has 1 aliphatic rings. The number of nitrogens with zero attached hydrogens (tertiary/aromatic N) is 2. The molecule has 2 aromatic rings. The molecule has 2 heterocycles. The Morgan fingerprint density at radius 1 is 1.31 bits per heavy atom. The Hall–Kier alpha value is -1.80. The number of carbonyl (C=O) groups excluding carboxylic acids is 1. The first kappa shape index (κ1) is 19.0. The Kier molecular flexibility index (Phi) is 6.37. The van der Waals surface area contributed by atoms with E-state index in [1.54, 1.807) is 5.38 Å². The highest BCUT2D eigenvalue weighted by Gasteiger charge is 2.22. The Bertz CT molecular complexity index is 739. The topological polar surface area (TPSA) is 80.5 Å². The molecule has 0 aliphatic carbocycles. The minimum Gasteiger partial charge on any atom is -0.373 e. The smallest absolute Gasteiger partial charge is 0.271 e. The molecule has 1 amide bonds. The highest BCUT2D eigenvalue weighted by molar-refractivity contribution is 7.09. The third-order valence-corrected chi connectivity index (χ3v) is 5.28. The maximum Gasteiger partial charge on any atom is 0.271 e. The number of nitrogens with one attached hydrogen (secondary N) is 1. The lowest BCUT2D eigenvalue weighted by Gasteiger charge is -2.35. The van der Waals surface area contributed by atoms with Crippen LogP contribution >= 0.6 is 11.3 Å². The van der Waals surface area contributed by atoms with Crippen molar-refractivity contribution in [2.45, 2.75) is 45.7 Å². The van der Waals surface area contributed by atoms with Crippen molar-refractivity contribution in [3.8, 4) is 0 Å². The fraction of sp³-hybridized carbons (Fsp3) is 0.474. The number of carbonyl (C=O) groups is 1. The van der Waals surface area contributed by atoms with E-state index in [1.165, 1.54) is 16.9 Å². The summed E-state index contributed by atoms with van der Waals surface area (Å²) < 4.78 is 5.81. The molecule has 1 aromatic carbocycles. The Labute approximate surface area is 158 Å². The minimum absolute atomic E-state index is 0.163. The van der Waals surface area contributed by atoms with Crippen molar-refractivity contribution in [1.82, 2.24) is 15.2 Å². The van der Waals surface area contributed by atoms with Gasteiger partial charge in [0.25, 0.3) is 5.91 Å². The summed E-state index contributed by atoms with van der Waals surface area (Å²) in [6, 6.07) is 8.24. The van der Waals surface area contributed by atoms with Crippen molar-refractivity contribution in [2.24, 2.45) is 5.73 Å². The number of amides is 1. The van der Waals surface area contributed by atoms with Crippen LogP contribution in [0.3, 0.4) is 0 Å². The summed E-state index contributed by atoms with van der Waals surface area (Å²) in [5, 5.41) is 5.49. The highest BCUT2D eigenvalue weighted by atomic mass is 32.1. The summed E-state index contributed by atoms with van der Waals surface area (Å²) >= 11 is 1.41.